The third kappa shape index (κ3) is 5.10. The zero-order valence-electron chi connectivity index (χ0n) is 15.3. The van der Waals surface area contributed by atoms with Crippen LogP contribution in [0.4, 0.5) is 0 Å². The van der Waals surface area contributed by atoms with E-state index in [0.717, 1.165) is 16.5 Å². The van der Waals surface area contributed by atoms with Crippen LogP contribution in [0, 0.1) is 0 Å². The summed E-state index contributed by atoms with van der Waals surface area (Å²) in [5.74, 6) is -2.48. The minimum absolute atomic E-state index is 0.362. The maximum atomic E-state index is 11.9. The Morgan fingerprint density at radius 1 is 1.07 bits per heavy atom. The second-order valence-electron chi connectivity index (χ2n) is 6.28. The summed E-state index contributed by atoms with van der Waals surface area (Å²) in [5.41, 5.74) is 1.81. The van der Waals surface area contributed by atoms with Gasteiger partial charge in [0.1, 0.15) is 5.75 Å². The average molecular weight is 435 g/mol. The van der Waals surface area contributed by atoms with Crippen LogP contribution < -0.4 is 4.74 Å². The van der Waals surface area contributed by atoms with E-state index < -0.39 is 24.0 Å². The van der Waals surface area contributed by atoms with Crippen molar-refractivity contribution in [2.24, 2.45) is 0 Å². The molecule has 2 unspecified atom stereocenters. The first-order valence-corrected chi connectivity index (χ1v) is 9.67. The Hall–Kier alpha value is -2.34. The zero-order valence-corrected chi connectivity index (χ0v) is 16.9. The highest BCUT2D eigenvalue weighted by atomic mass is 79.9. The molecule has 0 aliphatic heterocycles. The van der Waals surface area contributed by atoms with Gasteiger partial charge in [-0.3, -0.25) is 4.79 Å². The first-order chi connectivity index (χ1) is 12.9. The highest BCUT2D eigenvalue weighted by Gasteiger charge is 2.28. The number of ether oxygens (including phenoxy) is 1. The van der Waals surface area contributed by atoms with Crippen LogP contribution in [-0.4, -0.2) is 22.2 Å². The average Bonchev–Trinajstić information content (AvgIpc) is 2.61. The molecule has 0 aliphatic carbocycles. The van der Waals surface area contributed by atoms with Crippen LogP contribution in [-0.2, 0) is 16.0 Å². The molecule has 0 radical (unpaired) electrons. The number of para-hydroxylation sites is 1. The molecule has 6 heteroatoms. The fourth-order valence-corrected chi connectivity index (χ4v) is 3.48. The van der Waals surface area contributed by atoms with E-state index in [-0.39, 0.29) is 0 Å². The number of halogens is 1. The summed E-state index contributed by atoms with van der Waals surface area (Å²) in [7, 11) is 0. The van der Waals surface area contributed by atoms with E-state index in [1.807, 2.05) is 13.0 Å². The van der Waals surface area contributed by atoms with Crippen LogP contribution in [0.5, 0.6) is 5.75 Å². The van der Waals surface area contributed by atoms with E-state index in [1.165, 1.54) is 0 Å². The molecule has 0 fully saturated rings. The van der Waals surface area contributed by atoms with E-state index >= 15 is 0 Å². The molecule has 0 heterocycles. The van der Waals surface area contributed by atoms with E-state index in [4.69, 9.17) is 4.74 Å². The van der Waals surface area contributed by atoms with Gasteiger partial charge in [-0.1, -0.05) is 66.5 Å². The Bertz CT molecular complexity index is 818. The van der Waals surface area contributed by atoms with Crippen molar-refractivity contribution in [2.45, 2.75) is 45.1 Å². The summed E-state index contributed by atoms with van der Waals surface area (Å²) in [5, 5.41) is 19.3. The van der Waals surface area contributed by atoms with Crippen LogP contribution in [0.25, 0.3) is 0 Å². The van der Waals surface area contributed by atoms with Crippen LogP contribution in [0.3, 0.4) is 0 Å². The SMILES string of the molecule is CCCc1cccc(C(CC)C(=O)O)c1OC(C(=O)O)c1cccc(Br)c1. The fraction of sp³-hybridized carbons (Fsp3) is 0.333. The molecule has 0 bridgehead atoms. The predicted molar refractivity (Wildman–Crippen MR) is 106 cm³/mol. The molecule has 27 heavy (non-hydrogen) atoms. The molecule has 2 aromatic rings. The molecule has 2 N–H and O–H groups in total. The monoisotopic (exact) mass is 434 g/mol. The van der Waals surface area contributed by atoms with Crippen molar-refractivity contribution in [3.05, 3.63) is 63.6 Å². The van der Waals surface area contributed by atoms with Gasteiger partial charge < -0.3 is 14.9 Å². The lowest BCUT2D eigenvalue weighted by Gasteiger charge is -2.23. The molecule has 0 aliphatic rings. The predicted octanol–water partition coefficient (Wildman–Crippen LogP) is 5.18. The van der Waals surface area contributed by atoms with Crippen molar-refractivity contribution < 1.29 is 24.5 Å². The van der Waals surface area contributed by atoms with Gasteiger partial charge in [0.25, 0.3) is 0 Å². The van der Waals surface area contributed by atoms with Gasteiger partial charge in [-0.15, -0.1) is 0 Å². The van der Waals surface area contributed by atoms with Crippen molar-refractivity contribution in [2.75, 3.05) is 0 Å². The van der Waals surface area contributed by atoms with Gasteiger partial charge in [0.2, 0.25) is 6.10 Å². The summed E-state index contributed by atoms with van der Waals surface area (Å²) >= 11 is 3.35. The van der Waals surface area contributed by atoms with Crippen molar-refractivity contribution in [1.82, 2.24) is 0 Å². The quantitative estimate of drug-likeness (QED) is 0.567. The lowest BCUT2D eigenvalue weighted by Crippen LogP contribution is -2.21. The number of benzene rings is 2. The van der Waals surface area contributed by atoms with Gasteiger partial charge in [-0.2, -0.15) is 0 Å². The molecule has 0 spiro atoms. The van der Waals surface area contributed by atoms with E-state index in [1.54, 1.807) is 43.3 Å². The van der Waals surface area contributed by atoms with Crippen molar-refractivity contribution >= 4 is 27.9 Å². The number of hydrogen-bond acceptors (Lipinski definition) is 3. The minimum Gasteiger partial charge on any atom is -0.481 e. The second kappa shape index (κ2) is 9.55. The third-order valence-electron chi connectivity index (χ3n) is 4.34. The summed E-state index contributed by atoms with van der Waals surface area (Å²) in [6.45, 7) is 3.80. The largest absolute Gasteiger partial charge is 0.481 e. The molecule has 0 saturated carbocycles. The Labute approximate surface area is 167 Å². The van der Waals surface area contributed by atoms with Crippen LogP contribution in [0.1, 0.15) is 55.4 Å². The molecule has 2 atom stereocenters. The Morgan fingerprint density at radius 3 is 2.33 bits per heavy atom. The number of aryl methyl sites for hydroxylation is 1. The van der Waals surface area contributed by atoms with Gasteiger partial charge in [0.05, 0.1) is 5.92 Å². The van der Waals surface area contributed by atoms with Gasteiger partial charge in [0.15, 0.2) is 0 Å². The summed E-state index contributed by atoms with van der Waals surface area (Å²) in [4.78, 5) is 23.6. The molecule has 0 saturated heterocycles. The Kier molecular flexibility index (Phi) is 7.42. The number of aliphatic carboxylic acids is 2. The van der Waals surface area contributed by atoms with Crippen molar-refractivity contribution in [1.29, 1.82) is 0 Å². The topological polar surface area (TPSA) is 83.8 Å². The fourth-order valence-electron chi connectivity index (χ4n) is 3.07. The van der Waals surface area contributed by atoms with Crippen LogP contribution in [0.2, 0.25) is 0 Å². The molecule has 2 aromatic carbocycles. The number of rotatable bonds is 9. The summed E-state index contributed by atoms with van der Waals surface area (Å²) < 4.78 is 6.73. The van der Waals surface area contributed by atoms with Crippen molar-refractivity contribution in [3.63, 3.8) is 0 Å². The number of carboxylic acid groups (broad SMARTS) is 2. The van der Waals surface area contributed by atoms with E-state index in [2.05, 4.69) is 15.9 Å². The van der Waals surface area contributed by atoms with Crippen LogP contribution in [0.15, 0.2) is 46.9 Å². The maximum Gasteiger partial charge on any atom is 0.349 e. The molecule has 2 rings (SSSR count). The molecule has 144 valence electrons. The Balaban J connectivity index is 2.56. The molecular weight excluding hydrogens is 412 g/mol. The highest BCUT2D eigenvalue weighted by Crippen LogP contribution is 2.36. The molecule has 5 nitrogen and oxygen atoms in total. The van der Waals surface area contributed by atoms with Gasteiger partial charge in [0, 0.05) is 15.6 Å². The van der Waals surface area contributed by atoms with Crippen LogP contribution >= 0.6 is 15.9 Å². The van der Waals surface area contributed by atoms with Gasteiger partial charge >= 0.3 is 11.9 Å². The lowest BCUT2D eigenvalue weighted by molar-refractivity contribution is -0.145. The third-order valence-corrected chi connectivity index (χ3v) is 4.83. The zero-order chi connectivity index (χ0) is 20.0. The number of carbonyl (C=O) groups is 2. The van der Waals surface area contributed by atoms with Gasteiger partial charge in [-0.05, 0) is 30.5 Å². The van der Waals surface area contributed by atoms with E-state index in [0.29, 0.717) is 29.7 Å². The summed E-state index contributed by atoms with van der Waals surface area (Å²) in [6, 6.07) is 12.3. The first kappa shape index (κ1) is 21.0. The number of carboxylic acids is 2. The highest BCUT2D eigenvalue weighted by molar-refractivity contribution is 9.10. The summed E-state index contributed by atoms with van der Waals surface area (Å²) in [6.07, 6.45) is 0.656. The Morgan fingerprint density at radius 2 is 1.78 bits per heavy atom. The lowest BCUT2D eigenvalue weighted by atomic mass is 9.92. The second-order valence-corrected chi connectivity index (χ2v) is 7.19. The normalized spacial score (nSPS) is 13.0. The first-order valence-electron chi connectivity index (χ1n) is 8.88. The van der Waals surface area contributed by atoms with Gasteiger partial charge in [-0.25, -0.2) is 4.79 Å². The molecular formula is C21H23BrO5. The standard InChI is InChI=1S/C21H23BrO5/c1-3-7-13-8-6-11-17(16(4-2)20(23)24)18(13)27-19(21(25)26)14-9-5-10-15(22)12-14/h5-6,8-12,16,19H,3-4,7H2,1-2H3,(H,23,24)(H,25,26). The molecule has 0 aromatic heterocycles. The van der Waals surface area contributed by atoms with Crippen molar-refractivity contribution in [3.8, 4) is 5.75 Å². The smallest absolute Gasteiger partial charge is 0.349 e. The minimum atomic E-state index is -1.23. The molecule has 0 amide bonds. The van der Waals surface area contributed by atoms with E-state index in [9.17, 15) is 19.8 Å². The maximum absolute atomic E-state index is 11.9. The number of hydrogen-bond donors (Lipinski definition) is 2.